The number of benzene rings is 3. The smallest absolute Gasteiger partial charge is 0.231 e. The minimum Gasteiger partial charge on any atom is -0.494 e. The Bertz CT molecular complexity index is 1120. The monoisotopic (exact) mass is 404 g/mol. The van der Waals surface area contributed by atoms with Gasteiger partial charge < -0.3 is 14.2 Å². The van der Waals surface area contributed by atoms with Crippen molar-refractivity contribution < 1.29 is 23.4 Å². The average molecular weight is 404 g/mol. The number of ether oxygens (including phenoxy) is 3. The Morgan fingerprint density at radius 1 is 1.00 bits per heavy atom. The van der Waals surface area contributed by atoms with Crippen LogP contribution in [-0.2, 0) is 6.61 Å². The fourth-order valence-corrected chi connectivity index (χ4v) is 3.27. The fourth-order valence-electron chi connectivity index (χ4n) is 3.27. The van der Waals surface area contributed by atoms with Gasteiger partial charge in [-0.1, -0.05) is 30.3 Å². The molecule has 0 N–H and O–H groups in total. The maximum atomic E-state index is 13.8. The van der Waals surface area contributed by atoms with E-state index in [1.807, 2.05) is 38.1 Å². The van der Waals surface area contributed by atoms with Gasteiger partial charge in [0.05, 0.1) is 12.2 Å². The third-order valence-electron chi connectivity index (χ3n) is 4.87. The van der Waals surface area contributed by atoms with Gasteiger partial charge in [-0.05, 0) is 55.8 Å². The van der Waals surface area contributed by atoms with Crippen molar-refractivity contribution in [3.8, 4) is 17.2 Å². The lowest BCUT2D eigenvalue weighted by Crippen LogP contribution is -2.00. The molecule has 0 saturated heterocycles. The molecule has 0 saturated carbocycles. The molecule has 0 aromatic heterocycles. The van der Waals surface area contributed by atoms with Crippen LogP contribution < -0.4 is 14.2 Å². The van der Waals surface area contributed by atoms with Crippen molar-refractivity contribution in [3.63, 3.8) is 0 Å². The number of ketones is 1. The molecular weight excluding hydrogens is 383 g/mol. The second kappa shape index (κ2) is 8.41. The van der Waals surface area contributed by atoms with E-state index in [-0.39, 0.29) is 24.0 Å². The van der Waals surface area contributed by atoms with Crippen molar-refractivity contribution in [1.82, 2.24) is 0 Å². The topological polar surface area (TPSA) is 44.8 Å². The van der Waals surface area contributed by atoms with Gasteiger partial charge in [0, 0.05) is 11.1 Å². The molecule has 5 heteroatoms. The van der Waals surface area contributed by atoms with Gasteiger partial charge in [-0.25, -0.2) is 4.39 Å². The van der Waals surface area contributed by atoms with Crippen molar-refractivity contribution in [2.24, 2.45) is 0 Å². The van der Waals surface area contributed by atoms with Crippen molar-refractivity contribution in [2.75, 3.05) is 6.61 Å². The van der Waals surface area contributed by atoms with Crippen LogP contribution in [0.15, 0.2) is 66.4 Å². The Morgan fingerprint density at radius 3 is 2.50 bits per heavy atom. The first kappa shape index (κ1) is 19.7. The normalized spacial score (nSPS) is 13.8. The van der Waals surface area contributed by atoms with Crippen molar-refractivity contribution >= 4 is 11.9 Å². The number of hydrogen-bond acceptors (Lipinski definition) is 4. The molecule has 0 bridgehead atoms. The Kier molecular flexibility index (Phi) is 5.53. The summed E-state index contributed by atoms with van der Waals surface area (Å²) in [6.07, 6.45) is 1.71. The Labute approximate surface area is 174 Å². The lowest BCUT2D eigenvalue weighted by molar-refractivity contribution is 0.101. The molecule has 0 amide bonds. The van der Waals surface area contributed by atoms with E-state index in [1.54, 1.807) is 36.4 Å². The van der Waals surface area contributed by atoms with E-state index in [9.17, 15) is 9.18 Å². The van der Waals surface area contributed by atoms with Gasteiger partial charge in [0.1, 0.15) is 29.7 Å². The lowest BCUT2D eigenvalue weighted by Gasteiger charge is -2.12. The Balaban J connectivity index is 1.54. The quantitative estimate of drug-likeness (QED) is 0.492. The maximum absolute atomic E-state index is 13.8. The first-order valence-electron chi connectivity index (χ1n) is 9.73. The number of carbonyl (C=O) groups excluding carboxylic acids is 1. The standard InChI is InChI=1S/C25H21FO4/c1-3-28-19-10-8-17(9-11-19)14-23-24(27)20-12-13-22(16(2)25(20)30-23)29-15-18-6-4-5-7-21(18)26/h4-14H,3,15H2,1-2H3/b23-14-. The summed E-state index contributed by atoms with van der Waals surface area (Å²) < 4.78 is 30.9. The third-order valence-corrected chi connectivity index (χ3v) is 4.87. The molecule has 0 spiro atoms. The van der Waals surface area contributed by atoms with Crippen LogP contribution in [0, 0.1) is 12.7 Å². The number of rotatable bonds is 6. The molecule has 1 aliphatic rings. The van der Waals surface area contributed by atoms with Crippen LogP contribution in [-0.4, -0.2) is 12.4 Å². The summed E-state index contributed by atoms with van der Waals surface area (Å²) >= 11 is 0. The summed E-state index contributed by atoms with van der Waals surface area (Å²) in [4.78, 5) is 12.7. The van der Waals surface area contributed by atoms with E-state index in [0.29, 0.717) is 34.8 Å². The molecule has 1 heterocycles. The van der Waals surface area contributed by atoms with E-state index in [0.717, 1.165) is 11.3 Å². The van der Waals surface area contributed by atoms with Crippen LogP contribution in [0.1, 0.15) is 34.0 Å². The molecule has 3 aromatic carbocycles. The zero-order valence-corrected chi connectivity index (χ0v) is 16.8. The minimum atomic E-state index is -0.316. The second-order valence-electron chi connectivity index (χ2n) is 6.89. The average Bonchev–Trinajstić information content (AvgIpc) is 3.07. The van der Waals surface area contributed by atoms with Gasteiger partial charge in [-0.2, -0.15) is 0 Å². The van der Waals surface area contributed by atoms with E-state index in [1.165, 1.54) is 6.07 Å². The number of Topliss-reactive ketones (excluding diaryl/α,β-unsaturated/α-hetero) is 1. The van der Waals surface area contributed by atoms with Crippen molar-refractivity contribution in [2.45, 2.75) is 20.5 Å². The molecule has 3 aromatic rings. The van der Waals surface area contributed by atoms with Gasteiger partial charge in [0.25, 0.3) is 0 Å². The molecule has 4 rings (SSSR count). The molecule has 152 valence electrons. The van der Waals surface area contributed by atoms with Crippen LogP contribution in [0.4, 0.5) is 4.39 Å². The second-order valence-corrected chi connectivity index (χ2v) is 6.89. The van der Waals surface area contributed by atoms with E-state index < -0.39 is 0 Å². The summed E-state index contributed by atoms with van der Waals surface area (Å²) in [5.74, 6) is 1.55. The Morgan fingerprint density at radius 2 is 1.77 bits per heavy atom. The summed E-state index contributed by atoms with van der Waals surface area (Å²) in [6, 6.07) is 17.3. The molecule has 0 atom stereocenters. The van der Waals surface area contributed by atoms with Gasteiger partial charge >= 0.3 is 0 Å². The largest absolute Gasteiger partial charge is 0.494 e. The summed E-state index contributed by atoms with van der Waals surface area (Å²) in [5.41, 5.74) is 2.49. The molecule has 1 aliphatic heterocycles. The van der Waals surface area contributed by atoms with E-state index in [2.05, 4.69) is 0 Å². The molecule has 4 nitrogen and oxygen atoms in total. The van der Waals surface area contributed by atoms with E-state index in [4.69, 9.17) is 14.2 Å². The summed E-state index contributed by atoms with van der Waals surface area (Å²) in [6.45, 7) is 4.43. The molecule has 0 aliphatic carbocycles. The Hall–Kier alpha value is -3.60. The molecule has 0 fully saturated rings. The lowest BCUT2D eigenvalue weighted by atomic mass is 10.1. The highest BCUT2D eigenvalue weighted by Gasteiger charge is 2.30. The van der Waals surface area contributed by atoms with Crippen LogP contribution in [0.5, 0.6) is 17.2 Å². The van der Waals surface area contributed by atoms with Crippen LogP contribution >= 0.6 is 0 Å². The molecule has 30 heavy (non-hydrogen) atoms. The maximum Gasteiger partial charge on any atom is 0.231 e. The minimum absolute atomic E-state index is 0.0924. The van der Waals surface area contributed by atoms with Gasteiger partial charge in [0.2, 0.25) is 5.78 Å². The SMILES string of the molecule is CCOc1ccc(/C=C2\Oc3c(ccc(OCc4ccccc4F)c3C)C2=O)cc1. The number of carbonyl (C=O) groups is 1. The van der Waals surface area contributed by atoms with E-state index >= 15 is 0 Å². The fraction of sp³-hybridized carbons (Fsp3) is 0.160. The third kappa shape index (κ3) is 3.92. The predicted molar refractivity (Wildman–Crippen MR) is 112 cm³/mol. The highest BCUT2D eigenvalue weighted by atomic mass is 19.1. The zero-order chi connectivity index (χ0) is 21.1. The first-order chi connectivity index (χ1) is 14.6. The number of allylic oxidation sites excluding steroid dienone is 1. The van der Waals surface area contributed by atoms with Crippen molar-refractivity contribution in [1.29, 1.82) is 0 Å². The number of hydrogen-bond donors (Lipinski definition) is 0. The van der Waals surface area contributed by atoms with Crippen LogP contribution in [0.2, 0.25) is 0 Å². The van der Waals surface area contributed by atoms with Crippen molar-refractivity contribution in [3.05, 3.63) is 94.5 Å². The molecule has 0 radical (unpaired) electrons. The highest BCUT2D eigenvalue weighted by Crippen LogP contribution is 2.39. The van der Waals surface area contributed by atoms with Gasteiger partial charge in [-0.3, -0.25) is 4.79 Å². The van der Waals surface area contributed by atoms with Crippen LogP contribution in [0.3, 0.4) is 0 Å². The zero-order valence-electron chi connectivity index (χ0n) is 16.8. The number of fused-ring (bicyclic) bond motifs is 1. The molecular formula is C25H21FO4. The summed E-state index contributed by atoms with van der Waals surface area (Å²) in [5, 5.41) is 0. The highest BCUT2D eigenvalue weighted by molar-refractivity contribution is 6.14. The number of halogens is 1. The molecule has 0 unspecified atom stereocenters. The summed E-state index contributed by atoms with van der Waals surface area (Å²) in [7, 11) is 0. The van der Waals surface area contributed by atoms with Crippen LogP contribution in [0.25, 0.3) is 6.08 Å². The van der Waals surface area contributed by atoms with Gasteiger partial charge in [0.15, 0.2) is 5.76 Å². The van der Waals surface area contributed by atoms with Gasteiger partial charge in [-0.15, -0.1) is 0 Å². The first-order valence-corrected chi connectivity index (χ1v) is 9.73. The predicted octanol–water partition coefficient (Wildman–Crippen LogP) is 5.73.